The number of hydrogen-bond acceptors (Lipinski definition) is 6. The lowest BCUT2D eigenvalue weighted by atomic mass is 10.1. The number of halogens is 1. The van der Waals surface area contributed by atoms with Gasteiger partial charge in [0.15, 0.2) is 11.5 Å². The number of rotatable bonds is 11. The SMILES string of the molecule is CC(C)NC(=O)[C@@H](C)N(Cc1ccc(Cl)cc1)C(=O)CCCN(c1ccc2c(c1)OCO2)S(C)(=O)=O. The van der Waals surface area contributed by atoms with Crippen molar-refractivity contribution < 1.29 is 27.5 Å². The van der Waals surface area contributed by atoms with E-state index in [0.29, 0.717) is 22.2 Å². The quantitative estimate of drug-likeness (QED) is 0.470. The molecule has 1 aliphatic rings. The molecule has 9 nitrogen and oxygen atoms in total. The van der Waals surface area contributed by atoms with Crippen LogP contribution >= 0.6 is 11.6 Å². The van der Waals surface area contributed by atoms with Gasteiger partial charge >= 0.3 is 0 Å². The zero-order chi connectivity index (χ0) is 26.5. The van der Waals surface area contributed by atoms with Crippen molar-refractivity contribution in [2.45, 2.75) is 52.2 Å². The van der Waals surface area contributed by atoms with Crippen molar-refractivity contribution in [3.8, 4) is 11.5 Å². The molecule has 2 amide bonds. The Morgan fingerprint density at radius 3 is 2.36 bits per heavy atom. The zero-order valence-electron chi connectivity index (χ0n) is 20.9. The first kappa shape index (κ1) is 27.6. The van der Waals surface area contributed by atoms with Gasteiger partial charge in [-0.2, -0.15) is 0 Å². The van der Waals surface area contributed by atoms with E-state index in [0.717, 1.165) is 11.8 Å². The minimum atomic E-state index is -3.61. The summed E-state index contributed by atoms with van der Waals surface area (Å²) in [6.07, 6.45) is 1.43. The number of fused-ring (bicyclic) bond motifs is 1. The summed E-state index contributed by atoms with van der Waals surface area (Å²) in [5.74, 6) is 0.506. The minimum Gasteiger partial charge on any atom is -0.454 e. The first-order valence-corrected chi connectivity index (χ1v) is 13.9. The summed E-state index contributed by atoms with van der Waals surface area (Å²) in [5, 5.41) is 3.42. The molecule has 0 saturated heterocycles. The molecule has 1 heterocycles. The largest absolute Gasteiger partial charge is 0.454 e. The van der Waals surface area contributed by atoms with Crippen molar-refractivity contribution in [1.82, 2.24) is 10.2 Å². The van der Waals surface area contributed by atoms with E-state index in [9.17, 15) is 18.0 Å². The number of sulfonamides is 1. The molecule has 0 spiro atoms. The molecule has 11 heteroatoms. The predicted octanol–water partition coefficient (Wildman–Crippen LogP) is 3.56. The molecular weight excluding hydrogens is 506 g/mol. The van der Waals surface area contributed by atoms with Crippen LogP contribution in [-0.2, 0) is 26.2 Å². The smallest absolute Gasteiger partial charge is 0.242 e. The highest BCUT2D eigenvalue weighted by atomic mass is 35.5. The molecule has 196 valence electrons. The summed E-state index contributed by atoms with van der Waals surface area (Å²) in [7, 11) is -3.61. The summed E-state index contributed by atoms with van der Waals surface area (Å²) in [4.78, 5) is 27.5. The van der Waals surface area contributed by atoms with Gasteiger partial charge in [0.25, 0.3) is 0 Å². The van der Waals surface area contributed by atoms with Gasteiger partial charge in [0, 0.05) is 36.6 Å². The van der Waals surface area contributed by atoms with Crippen LogP contribution in [0.3, 0.4) is 0 Å². The normalized spacial score (nSPS) is 13.4. The third-order valence-corrected chi connectivity index (χ3v) is 7.11. The van der Waals surface area contributed by atoms with Gasteiger partial charge < -0.3 is 19.7 Å². The number of nitrogens with zero attached hydrogens (tertiary/aromatic N) is 2. The Morgan fingerprint density at radius 1 is 1.06 bits per heavy atom. The van der Waals surface area contributed by atoms with Gasteiger partial charge in [-0.15, -0.1) is 0 Å². The van der Waals surface area contributed by atoms with Crippen molar-refractivity contribution in [1.29, 1.82) is 0 Å². The van der Waals surface area contributed by atoms with E-state index in [-0.39, 0.29) is 50.6 Å². The molecule has 0 bridgehead atoms. The number of anilines is 1. The second kappa shape index (κ2) is 11.8. The maximum atomic E-state index is 13.3. The first-order valence-electron chi connectivity index (χ1n) is 11.7. The average molecular weight is 538 g/mol. The van der Waals surface area contributed by atoms with Gasteiger partial charge in [0.05, 0.1) is 11.9 Å². The van der Waals surface area contributed by atoms with Gasteiger partial charge in [-0.25, -0.2) is 8.42 Å². The van der Waals surface area contributed by atoms with Crippen LogP contribution in [0.4, 0.5) is 5.69 Å². The number of ether oxygens (including phenoxy) is 2. The molecular formula is C25H32ClN3O6S. The Labute approximate surface area is 217 Å². The van der Waals surface area contributed by atoms with Crippen LogP contribution in [0.5, 0.6) is 11.5 Å². The van der Waals surface area contributed by atoms with Gasteiger partial charge in [0.2, 0.25) is 28.6 Å². The predicted molar refractivity (Wildman–Crippen MR) is 139 cm³/mol. The zero-order valence-corrected chi connectivity index (χ0v) is 22.4. The Morgan fingerprint density at radius 2 is 1.72 bits per heavy atom. The van der Waals surface area contributed by atoms with Crippen molar-refractivity contribution in [2.24, 2.45) is 0 Å². The van der Waals surface area contributed by atoms with Crippen molar-refractivity contribution in [2.75, 3.05) is 23.9 Å². The monoisotopic (exact) mass is 537 g/mol. The van der Waals surface area contributed by atoms with Crippen LogP contribution in [0.15, 0.2) is 42.5 Å². The fraction of sp³-hybridized carbons (Fsp3) is 0.440. The van der Waals surface area contributed by atoms with E-state index in [2.05, 4.69) is 5.32 Å². The Hall–Kier alpha value is -2.98. The molecule has 1 atom stereocenters. The molecule has 36 heavy (non-hydrogen) atoms. The third-order valence-electron chi connectivity index (χ3n) is 5.66. The summed E-state index contributed by atoms with van der Waals surface area (Å²) in [6, 6.07) is 11.2. The van der Waals surface area contributed by atoms with Crippen LogP contribution in [0.25, 0.3) is 0 Å². The van der Waals surface area contributed by atoms with Crippen LogP contribution in [-0.4, -0.2) is 56.8 Å². The fourth-order valence-electron chi connectivity index (χ4n) is 3.82. The number of hydrogen-bond donors (Lipinski definition) is 1. The van der Waals surface area contributed by atoms with E-state index in [4.69, 9.17) is 21.1 Å². The Balaban J connectivity index is 1.72. The summed E-state index contributed by atoms with van der Waals surface area (Å²) in [5.41, 5.74) is 1.26. The molecule has 2 aromatic rings. The maximum absolute atomic E-state index is 13.3. The number of benzene rings is 2. The topological polar surface area (TPSA) is 105 Å². The van der Waals surface area contributed by atoms with Gasteiger partial charge in [-0.1, -0.05) is 23.7 Å². The molecule has 0 fully saturated rings. The first-order chi connectivity index (χ1) is 17.0. The van der Waals surface area contributed by atoms with Crippen molar-refractivity contribution >= 4 is 39.1 Å². The van der Waals surface area contributed by atoms with Gasteiger partial charge in [0.1, 0.15) is 6.04 Å². The molecule has 1 aliphatic heterocycles. The van der Waals surface area contributed by atoms with Crippen LogP contribution in [0, 0.1) is 0 Å². The molecule has 0 radical (unpaired) electrons. The maximum Gasteiger partial charge on any atom is 0.242 e. The van der Waals surface area contributed by atoms with Crippen LogP contribution in [0.1, 0.15) is 39.2 Å². The minimum absolute atomic E-state index is 0.0590. The second-order valence-electron chi connectivity index (χ2n) is 8.96. The van der Waals surface area contributed by atoms with E-state index in [1.165, 1.54) is 9.21 Å². The summed E-state index contributed by atoms with van der Waals surface area (Å²) >= 11 is 5.98. The standard InChI is InChI=1S/C25H32ClN3O6S/c1-17(2)27-25(31)18(3)28(15-19-7-9-20(26)10-8-19)24(30)6-5-13-29(36(4,32)33)21-11-12-22-23(14-21)35-16-34-22/h7-12,14,17-18H,5-6,13,15-16H2,1-4H3,(H,27,31)/t18-/m1/s1. The van der Waals surface area contributed by atoms with Crippen molar-refractivity contribution in [3.63, 3.8) is 0 Å². The molecule has 0 saturated carbocycles. The molecule has 0 aromatic heterocycles. The van der Waals surface area contributed by atoms with Crippen LogP contribution < -0.4 is 19.1 Å². The lowest BCUT2D eigenvalue weighted by Crippen LogP contribution is -2.49. The highest BCUT2D eigenvalue weighted by Crippen LogP contribution is 2.36. The molecule has 2 aromatic carbocycles. The lowest BCUT2D eigenvalue weighted by Gasteiger charge is -2.30. The second-order valence-corrected chi connectivity index (χ2v) is 11.3. The fourth-order valence-corrected chi connectivity index (χ4v) is 4.90. The van der Waals surface area contributed by atoms with Gasteiger partial charge in [-0.05, 0) is 57.0 Å². The highest BCUT2D eigenvalue weighted by Gasteiger charge is 2.27. The lowest BCUT2D eigenvalue weighted by molar-refractivity contribution is -0.140. The third kappa shape index (κ3) is 7.27. The average Bonchev–Trinajstić information content (AvgIpc) is 3.27. The van der Waals surface area contributed by atoms with E-state index in [1.54, 1.807) is 49.4 Å². The summed E-state index contributed by atoms with van der Waals surface area (Å²) in [6.45, 7) is 5.78. The Bertz CT molecular complexity index is 1190. The number of carbonyl (C=O) groups is 2. The van der Waals surface area contributed by atoms with E-state index in [1.807, 2.05) is 13.8 Å². The highest BCUT2D eigenvalue weighted by molar-refractivity contribution is 7.92. The van der Waals surface area contributed by atoms with Gasteiger partial charge in [-0.3, -0.25) is 13.9 Å². The summed E-state index contributed by atoms with van der Waals surface area (Å²) < 4.78 is 36.9. The Kier molecular flexibility index (Phi) is 9.08. The van der Waals surface area contributed by atoms with E-state index < -0.39 is 16.1 Å². The van der Waals surface area contributed by atoms with Crippen molar-refractivity contribution in [3.05, 3.63) is 53.1 Å². The van der Waals surface area contributed by atoms with E-state index >= 15 is 0 Å². The molecule has 1 N–H and O–H groups in total. The number of carbonyl (C=O) groups excluding carboxylic acids is 2. The molecule has 0 aliphatic carbocycles. The van der Waals surface area contributed by atoms with Crippen LogP contribution in [0.2, 0.25) is 5.02 Å². The number of amides is 2. The molecule has 0 unspecified atom stereocenters. The number of nitrogens with one attached hydrogen (secondary N) is 1. The molecule has 3 rings (SSSR count).